The number of rotatable bonds is 4. The van der Waals surface area contributed by atoms with E-state index in [0.717, 1.165) is 0 Å². The number of alkyl halides is 3. The van der Waals surface area contributed by atoms with Gasteiger partial charge in [0.05, 0.1) is 10.9 Å². The number of fused-ring (bicyclic) bond motifs is 1. The summed E-state index contributed by atoms with van der Waals surface area (Å²) in [5, 5.41) is 6.73. The van der Waals surface area contributed by atoms with E-state index in [-0.39, 0.29) is 11.6 Å². The molecule has 1 aromatic carbocycles. The standard InChI is InChI=1S/C10H9BrF3N3O/c11-4-1-5-8(10(15)17-16-5)6(2-4)18-7(3-12)9(13)14/h1-2,7,9H,3H2,(H3,15,16,17). The molecular weight excluding hydrogens is 315 g/mol. The number of nitrogens with zero attached hydrogens (tertiary/aromatic N) is 1. The van der Waals surface area contributed by atoms with E-state index >= 15 is 0 Å². The maximum absolute atomic E-state index is 12.5. The summed E-state index contributed by atoms with van der Waals surface area (Å²) in [6.07, 6.45) is -4.74. The number of hydrogen-bond donors (Lipinski definition) is 2. The maximum atomic E-state index is 12.5. The molecule has 0 saturated carbocycles. The van der Waals surface area contributed by atoms with Crippen molar-refractivity contribution in [3.05, 3.63) is 16.6 Å². The molecule has 0 aliphatic carbocycles. The van der Waals surface area contributed by atoms with Crippen LogP contribution in [0.5, 0.6) is 5.75 Å². The molecule has 0 aliphatic rings. The number of H-pyrrole nitrogens is 1. The first kappa shape index (κ1) is 13.0. The number of ether oxygens (including phenoxy) is 1. The van der Waals surface area contributed by atoms with Gasteiger partial charge >= 0.3 is 0 Å². The quantitative estimate of drug-likeness (QED) is 0.909. The molecule has 2 aromatic rings. The predicted octanol–water partition coefficient (Wildman–Crippen LogP) is 2.89. The van der Waals surface area contributed by atoms with Crippen LogP contribution >= 0.6 is 15.9 Å². The number of hydrogen-bond acceptors (Lipinski definition) is 3. The molecule has 0 spiro atoms. The molecule has 4 nitrogen and oxygen atoms in total. The van der Waals surface area contributed by atoms with E-state index in [0.29, 0.717) is 15.4 Å². The van der Waals surface area contributed by atoms with Crippen LogP contribution in [-0.4, -0.2) is 29.4 Å². The molecular formula is C10H9BrF3N3O. The Bertz CT molecular complexity index is 561. The van der Waals surface area contributed by atoms with Crippen molar-refractivity contribution < 1.29 is 17.9 Å². The highest BCUT2D eigenvalue weighted by atomic mass is 79.9. The van der Waals surface area contributed by atoms with E-state index in [1.807, 2.05) is 0 Å². The third kappa shape index (κ3) is 2.38. The van der Waals surface area contributed by atoms with E-state index in [1.165, 1.54) is 6.07 Å². The SMILES string of the molecule is Nc1n[nH]c2cc(Br)cc(OC(CF)C(F)F)c12. The minimum absolute atomic E-state index is 0.0635. The molecule has 1 atom stereocenters. The highest BCUT2D eigenvalue weighted by Gasteiger charge is 2.24. The monoisotopic (exact) mass is 323 g/mol. The Hall–Kier alpha value is -1.44. The van der Waals surface area contributed by atoms with Crippen molar-refractivity contribution >= 4 is 32.7 Å². The molecule has 1 unspecified atom stereocenters. The topological polar surface area (TPSA) is 63.9 Å². The van der Waals surface area contributed by atoms with Crippen molar-refractivity contribution in [3.63, 3.8) is 0 Å². The second kappa shape index (κ2) is 5.05. The second-order valence-electron chi connectivity index (χ2n) is 3.58. The lowest BCUT2D eigenvalue weighted by Gasteiger charge is -2.16. The summed E-state index contributed by atoms with van der Waals surface area (Å²) in [5.41, 5.74) is 6.12. The zero-order valence-electron chi connectivity index (χ0n) is 8.96. The summed E-state index contributed by atoms with van der Waals surface area (Å²) in [6.45, 7) is -1.29. The fourth-order valence-electron chi connectivity index (χ4n) is 1.52. The van der Waals surface area contributed by atoms with Crippen LogP contribution in [0, 0.1) is 0 Å². The molecule has 0 bridgehead atoms. The number of anilines is 1. The third-order valence-electron chi connectivity index (χ3n) is 2.33. The van der Waals surface area contributed by atoms with Crippen LogP contribution < -0.4 is 10.5 Å². The molecule has 2 rings (SSSR count). The van der Waals surface area contributed by atoms with Gasteiger partial charge in [-0.3, -0.25) is 5.10 Å². The number of aromatic nitrogens is 2. The molecule has 0 saturated heterocycles. The molecule has 1 aromatic heterocycles. The van der Waals surface area contributed by atoms with Crippen LogP contribution in [0.4, 0.5) is 19.0 Å². The number of nitrogens with two attached hydrogens (primary N) is 1. The first-order chi connectivity index (χ1) is 8.52. The van der Waals surface area contributed by atoms with Gasteiger partial charge in [0.15, 0.2) is 11.9 Å². The Kier molecular flexibility index (Phi) is 3.65. The van der Waals surface area contributed by atoms with E-state index in [2.05, 4.69) is 26.1 Å². The average Bonchev–Trinajstić information content (AvgIpc) is 2.67. The lowest BCUT2D eigenvalue weighted by atomic mass is 10.2. The number of aromatic amines is 1. The van der Waals surface area contributed by atoms with Crippen LogP contribution in [0.25, 0.3) is 10.9 Å². The van der Waals surface area contributed by atoms with Crippen molar-refractivity contribution in [2.24, 2.45) is 0 Å². The normalized spacial score (nSPS) is 13.2. The van der Waals surface area contributed by atoms with Gasteiger partial charge in [0.25, 0.3) is 6.43 Å². The fourth-order valence-corrected chi connectivity index (χ4v) is 1.95. The number of benzene rings is 1. The summed E-state index contributed by atoms with van der Waals surface area (Å²) in [7, 11) is 0. The molecule has 8 heteroatoms. The highest BCUT2D eigenvalue weighted by Crippen LogP contribution is 2.33. The average molecular weight is 324 g/mol. The molecule has 18 heavy (non-hydrogen) atoms. The Morgan fingerprint density at radius 3 is 2.78 bits per heavy atom. The Morgan fingerprint density at radius 1 is 1.44 bits per heavy atom. The predicted molar refractivity (Wildman–Crippen MR) is 64.6 cm³/mol. The van der Waals surface area contributed by atoms with Crippen LogP contribution in [0.1, 0.15) is 0 Å². The largest absolute Gasteiger partial charge is 0.481 e. The number of halogens is 4. The summed E-state index contributed by atoms with van der Waals surface area (Å²) in [4.78, 5) is 0. The third-order valence-corrected chi connectivity index (χ3v) is 2.79. The molecule has 0 fully saturated rings. The summed E-state index contributed by atoms with van der Waals surface area (Å²) >= 11 is 3.19. The first-order valence-electron chi connectivity index (χ1n) is 4.96. The van der Waals surface area contributed by atoms with E-state index < -0.39 is 19.2 Å². The van der Waals surface area contributed by atoms with Gasteiger partial charge in [-0.1, -0.05) is 15.9 Å². The number of nitrogen functional groups attached to an aromatic ring is 1. The smallest absolute Gasteiger partial charge is 0.277 e. The molecule has 1 heterocycles. The van der Waals surface area contributed by atoms with Crippen LogP contribution in [0.15, 0.2) is 16.6 Å². The van der Waals surface area contributed by atoms with Crippen molar-refractivity contribution in [1.29, 1.82) is 0 Å². The van der Waals surface area contributed by atoms with Gasteiger partial charge in [0.2, 0.25) is 0 Å². The molecule has 0 aliphatic heterocycles. The van der Waals surface area contributed by atoms with Crippen LogP contribution in [0.3, 0.4) is 0 Å². The van der Waals surface area contributed by atoms with Crippen molar-refractivity contribution in [3.8, 4) is 5.75 Å². The highest BCUT2D eigenvalue weighted by molar-refractivity contribution is 9.10. The zero-order valence-corrected chi connectivity index (χ0v) is 10.5. The van der Waals surface area contributed by atoms with Gasteiger partial charge in [-0.2, -0.15) is 5.10 Å². The zero-order chi connectivity index (χ0) is 13.3. The van der Waals surface area contributed by atoms with Gasteiger partial charge in [0, 0.05) is 4.47 Å². The minimum atomic E-state index is -2.92. The summed E-state index contributed by atoms with van der Waals surface area (Å²) in [5.74, 6) is 0.174. The fraction of sp³-hybridized carbons (Fsp3) is 0.300. The Labute approximate surface area is 108 Å². The molecule has 3 N–H and O–H groups in total. The van der Waals surface area contributed by atoms with E-state index in [4.69, 9.17) is 10.5 Å². The van der Waals surface area contributed by atoms with Crippen molar-refractivity contribution in [1.82, 2.24) is 10.2 Å². The Balaban J connectivity index is 2.45. The van der Waals surface area contributed by atoms with Gasteiger partial charge < -0.3 is 10.5 Å². The first-order valence-corrected chi connectivity index (χ1v) is 5.76. The van der Waals surface area contributed by atoms with Crippen molar-refractivity contribution in [2.45, 2.75) is 12.5 Å². The lowest BCUT2D eigenvalue weighted by Crippen LogP contribution is -2.27. The molecule has 98 valence electrons. The minimum Gasteiger partial charge on any atom is -0.481 e. The van der Waals surface area contributed by atoms with E-state index in [1.54, 1.807) is 6.07 Å². The van der Waals surface area contributed by atoms with Crippen LogP contribution in [0.2, 0.25) is 0 Å². The summed E-state index contributed by atoms with van der Waals surface area (Å²) < 4.78 is 43.0. The van der Waals surface area contributed by atoms with Gasteiger partial charge in [-0.05, 0) is 12.1 Å². The Morgan fingerprint density at radius 2 is 2.17 bits per heavy atom. The second-order valence-corrected chi connectivity index (χ2v) is 4.50. The van der Waals surface area contributed by atoms with Crippen molar-refractivity contribution in [2.75, 3.05) is 12.4 Å². The van der Waals surface area contributed by atoms with E-state index in [9.17, 15) is 13.2 Å². The van der Waals surface area contributed by atoms with Gasteiger partial charge in [0.1, 0.15) is 12.4 Å². The van der Waals surface area contributed by atoms with Gasteiger partial charge in [-0.25, -0.2) is 13.2 Å². The van der Waals surface area contributed by atoms with Crippen LogP contribution in [-0.2, 0) is 0 Å². The maximum Gasteiger partial charge on any atom is 0.277 e. The molecule has 0 amide bonds. The lowest BCUT2D eigenvalue weighted by molar-refractivity contribution is -0.000379. The van der Waals surface area contributed by atoms with Gasteiger partial charge in [-0.15, -0.1) is 0 Å². The summed E-state index contributed by atoms with van der Waals surface area (Å²) in [6, 6.07) is 3.11. The molecule has 0 radical (unpaired) electrons. The number of nitrogens with one attached hydrogen (secondary N) is 1.